The summed E-state index contributed by atoms with van der Waals surface area (Å²) in [7, 11) is 1.63. The standard InChI is InChI=1S/C12H16N4O/c1-3-4-11-14-10-6-5-8(17-2)7-9(10)12(15-11)16-13/h5-7H,3-4,13H2,1-2H3,(H,14,15,16). The van der Waals surface area contributed by atoms with Crippen molar-refractivity contribution in [3.8, 4) is 5.75 Å². The number of hydrogen-bond acceptors (Lipinski definition) is 5. The van der Waals surface area contributed by atoms with Gasteiger partial charge in [-0.05, 0) is 24.6 Å². The molecule has 0 radical (unpaired) electrons. The predicted octanol–water partition coefficient (Wildman–Crippen LogP) is 1.88. The molecule has 1 aromatic carbocycles. The van der Waals surface area contributed by atoms with Crippen molar-refractivity contribution in [3.63, 3.8) is 0 Å². The number of hydrazine groups is 1. The quantitative estimate of drug-likeness (QED) is 0.622. The van der Waals surface area contributed by atoms with Gasteiger partial charge in [0, 0.05) is 11.8 Å². The van der Waals surface area contributed by atoms with Crippen LogP contribution in [0.3, 0.4) is 0 Å². The first kappa shape index (κ1) is 11.6. The normalized spacial score (nSPS) is 10.5. The summed E-state index contributed by atoms with van der Waals surface area (Å²) in [5.74, 6) is 7.70. The van der Waals surface area contributed by atoms with Crippen molar-refractivity contribution in [2.45, 2.75) is 19.8 Å². The molecule has 3 N–H and O–H groups in total. The molecule has 0 saturated heterocycles. The first-order chi connectivity index (χ1) is 8.28. The van der Waals surface area contributed by atoms with E-state index in [4.69, 9.17) is 10.6 Å². The van der Waals surface area contributed by atoms with E-state index < -0.39 is 0 Å². The van der Waals surface area contributed by atoms with Gasteiger partial charge in [0.1, 0.15) is 11.6 Å². The van der Waals surface area contributed by atoms with Gasteiger partial charge in [-0.3, -0.25) is 0 Å². The lowest BCUT2D eigenvalue weighted by atomic mass is 10.2. The zero-order valence-electron chi connectivity index (χ0n) is 10.0. The van der Waals surface area contributed by atoms with E-state index >= 15 is 0 Å². The number of methoxy groups -OCH3 is 1. The molecule has 0 aliphatic heterocycles. The Labute approximate surface area is 100.0 Å². The molecule has 0 aliphatic rings. The maximum Gasteiger partial charge on any atom is 0.151 e. The SMILES string of the molecule is CCCc1nc(NN)c2cc(OC)ccc2n1. The van der Waals surface area contributed by atoms with E-state index in [9.17, 15) is 0 Å². The Balaban J connectivity index is 2.60. The molecule has 1 aromatic heterocycles. The van der Waals surface area contributed by atoms with Gasteiger partial charge in [-0.2, -0.15) is 0 Å². The summed E-state index contributed by atoms with van der Waals surface area (Å²) in [6, 6.07) is 5.67. The van der Waals surface area contributed by atoms with Crippen LogP contribution in [-0.2, 0) is 6.42 Å². The summed E-state index contributed by atoms with van der Waals surface area (Å²) in [6.07, 6.45) is 1.85. The van der Waals surface area contributed by atoms with Crippen molar-refractivity contribution >= 4 is 16.7 Å². The van der Waals surface area contributed by atoms with Gasteiger partial charge in [0.15, 0.2) is 5.82 Å². The first-order valence-corrected chi connectivity index (χ1v) is 5.59. The van der Waals surface area contributed by atoms with Crippen LogP contribution in [0, 0.1) is 0 Å². The second-order valence-electron chi connectivity index (χ2n) is 3.77. The van der Waals surface area contributed by atoms with Crippen LogP contribution in [0.15, 0.2) is 18.2 Å². The van der Waals surface area contributed by atoms with Crippen LogP contribution >= 0.6 is 0 Å². The molecule has 5 nitrogen and oxygen atoms in total. The molecule has 17 heavy (non-hydrogen) atoms. The second-order valence-corrected chi connectivity index (χ2v) is 3.77. The highest BCUT2D eigenvalue weighted by Crippen LogP contribution is 2.24. The van der Waals surface area contributed by atoms with Crippen LogP contribution in [0.25, 0.3) is 10.9 Å². The minimum absolute atomic E-state index is 0.636. The van der Waals surface area contributed by atoms with Crippen molar-refractivity contribution < 1.29 is 4.74 Å². The summed E-state index contributed by atoms with van der Waals surface area (Å²) < 4.78 is 5.18. The van der Waals surface area contributed by atoms with Crippen LogP contribution in [0.2, 0.25) is 0 Å². The number of nitrogens with two attached hydrogens (primary N) is 1. The molecule has 0 unspecified atom stereocenters. The molecule has 5 heteroatoms. The smallest absolute Gasteiger partial charge is 0.151 e. The van der Waals surface area contributed by atoms with Gasteiger partial charge >= 0.3 is 0 Å². The van der Waals surface area contributed by atoms with Crippen molar-refractivity contribution in [1.82, 2.24) is 9.97 Å². The summed E-state index contributed by atoms with van der Waals surface area (Å²) in [5, 5.41) is 0.867. The minimum atomic E-state index is 0.636. The number of hydrogen-bond donors (Lipinski definition) is 2. The highest BCUT2D eigenvalue weighted by molar-refractivity contribution is 5.90. The first-order valence-electron chi connectivity index (χ1n) is 5.59. The topological polar surface area (TPSA) is 73.1 Å². The summed E-state index contributed by atoms with van der Waals surface area (Å²) in [6.45, 7) is 2.09. The van der Waals surface area contributed by atoms with Gasteiger partial charge in [0.2, 0.25) is 0 Å². The fraction of sp³-hybridized carbons (Fsp3) is 0.333. The van der Waals surface area contributed by atoms with Gasteiger partial charge < -0.3 is 10.2 Å². The van der Waals surface area contributed by atoms with Crippen molar-refractivity contribution in [2.24, 2.45) is 5.84 Å². The molecular formula is C12H16N4O. The van der Waals surface area contributed by atoms with Gasteiger partial charge in [0.05, 0.1) is 12.6 Å². The third kappa shape index (κ3) is 2.29. The van der Waals surface area contributed by atoms with E-state index in [2.05, 4.69) is 22.3 Å². The molecule has 2 aromatic rings. The Morgan fingerprint density at radius 1 is 1.35 bits per heavy atom. The lowest BCUT2D eigenvalue weighted by Crippen LogP contribution is -2.11. The molecule has 0 saturated carbocycles. The average molecular weight is 232 g/mol. The molecule has 0 aliphatic carbocycles. The number of benzene rings is 1. The second kappa shape index (κ2) is 4.97. The maximum atomic E-state index is 5.49. The summed E-state index contributed by atoms with van der Waals surface area (Å²) >= 11 is 0. The van der Waals surface area contributed by atoms with Gasteiger partial charge in [-0.1, -0.05) is 6.92 Å². The monoisotopic (exact) mass is 232 g/mol. The van der Waals surface area contributed by atoms with Crippen LogP contribution in [0.1, 0.15) is 19.2 Å². The molecule has 90 valence electrons. The van der Waals surface area contributed by atoms with E-state index in [0.29, 0.717) is 5.82 Å². The lowest BCUT2D eigenvalue weighted by molar-refractivity contribution is 0.415. The minimum Gasteiger partial charge on any atom is -0.497 e. The fourth-order valence-corrected chi connectivity index (χ4v) is 1.73. The number of fused-ring (bicyclic) bond motifs is 1. The number of aryl methyl sites for hydroxylation is 1. The number of nitrogens with one attached hydrogen (secondary N) is 1. The molecule has 0 fully saturated rings. The Morgan fingerprint density at radius 3 is 2.82 bits per heavy atom. The number of aromatic nitrogens is 2. The Hall–Kier alpha value is -1.88. The van der Waals surface area contributed by atoms with Crippen molar-refractivity contribution in [2.75, 3.05) is 12.5 Å². The number of nitrogens with zero attached hydrogens (tertiary/aromatic N) is 2. The van der Waals surface area contributed by atoms with Crippen molar-refractivity contribution in [1.29, 1.82) is 0 Å². The van der Waals surface area contributed by atoms with Crippen LogP contribution in [0.4, 0.5) is 5.82 Å². The van der Waals surface area contributed by atoms with E-state index in [-0.39, 0.29) is 0 Å². The molecular weight excluding hydrogens is 216 g/mol. The number of ether oxygens (including phenoxy) is 1. The Kier molecular flexibility index (Phi) is 3.39. The average Bonchev–Trinajstić information content (AvgIpc) is 2.37. The maximum absolute atomic E-state index is 5.49. The Morgan fingerprint density at radius 2 is 2.18 bits per heavy atom. The summed E-state index contributed by atoms with van der Waals surface area (Å²) in [5.41, 5.74) is 3.49. The molecule has 0 atom stereocenters. The molecule has 1 heterocycles. The molecule has 0 bridgehead atoms. The van der Waals surface area contributed by atoms with Crippen LogP contribution < -0.4 is 16.0 Å². The predicted molar refractivity (Wildman–Crippen MR) is 67.9 cm³/mol. The fourth-order valence-electron chi connectivity index (χ4n) is 1.73. The zero-order valence-corrected chi connectivity index (χ0v) is 10.0. The van der Waals surface area contributed by atoms with Crippen LogP contribution in [0.5, 0.6) is 5.75 Å². The highest BCUT2D eigenvalue weighted by atomic mass is 16.5. The van der Waals surface area contributed by atoms with Crippen LogP contribution in [-0.4, -0.2) is 17.1 Å². The Bertz CT molecular complexity index is 527. The van der Waals surface area contributed by atoms with Gasteiger partial charge in [-0.25, -0.2) is 15.8 Å². The number of nitrogen functional groups attached to an aromatic ring is 1. The van der Waals surface area contributed by atoms with Crippen molar-refractivity contribution in [3.05, 3.63) is 24.0 Å². The van der Waals surface area contributed by atoms with E-state index in [1.54, 1.807) is 7.11 Å². The summed E-state index contributed by atoms with van der Waals surface area (Å²) in [4.78, 5) is 8.87. The molecule has 0 spiro atoms. The van der Waals surface area contributed by atoms with E-state index in [1.807, 2.05) is 18.2 Å². The zero-order chi connectivity index (χ0) is 12.3. The number of anilines is 1. The van der Waals surface area contributed by atoms with E-state index in [0.717, 1.165) is 35.3 Å². The lowest BCUT2D eigenvalue weighted by Gasteiger charge is -2.08. The number of rotatable bonds is 4. The van der Waals surface area contributed by atoms with Gasteiger partial charge in [-0.15, -0.1) is 0 Å². The highest BCUT2D eigenvalue weighted by Gasteiger charge is 2.07. The third-order valence-electron chi connectivity index (χ3n) is 2.56. The van der Waals surface area contributed by atoms with E-state index in [1.165, 1.54) is 0 Å². The van der Waals surface area contributed by atoms with Gasteiger partial charge in [0.25, 0.3) is 0 Å². The third-order valence-corrected chi connectivity index (χ3v) is 2.56. The molecule has 0 amide bonds. The molecule has 2 rings (SSSR count). The largest absolute Gasteiger partial charge is 0.497 e.